The third-order valence-electron chi connectivity index (χ3n) is 3.99. The van der Waals surface area contributed by atoms with Crippen molar-refractivity contribution in [3.8, 4) is 0 Å². The van der Waals surface area contributed by atoms with Crippen LogP contribution in [-0.4, -0.2) is 5.91 Å². The van der Waals surface area contributed by atoms with Crippen molar-refractivity contribution in [2.45, 2.75) is 26.2 Å². The van der Waals surface area contributed by atoms with Gasteiger partial charge in [-0.15, -0.1) is 0 Å². The minimum atomic E-state index is -0.0764. The molecule has 0 unspecified atom stereocenters. The topological polar surface area (TPSA) is 29.1 Å². The number of benzene rings is 3. The average molecular weight is 303 g/mol. The molecule has 0 heterocycles. The monoisotopic (exact) mass is 303 g/mol. The molecule has 3 aromatic rings. The standard InChI is InChI=1S/C21H21NO/c1-21(2,3)18-10-6-7-11-19(18)22-20(23)17-13-12-15-8-4-5-9-16(15)14-17/h4-14H,1-3H3,(H,22,23). The van der Waals surface area contributed by atoms with Crippen LogP contribution < -0.4 is 5.32 Å². The van der Waals surface area contributed by atoms with Crippen molar-refractivity contribution in [1.29, 1.82) is 0 Å². The number of para-hydroxylation sites is 1. The van der Waals surface area contributed by atoms with Gasteiger partial charge in [-0.2, -0.15) is 0 Å². The SMILES string of the molecule is CC(C)(C)c1ccccc1NC(=O)c1ccc2ccccc2c1. The van der Waals surface area contributed by atoms with E-state index in [2.05, 4.69) is 32.2 Å². The molecule has 0 aromatic heterocycles. The van der Waals surface area contributed by atoms with Gasteiger partial charge in [-0.25, -0.2) is 0 Å². The largest absolute Gasteiger partial charge is 0.322 e. The number of anilines is 1. The summed E-state index contributed by atoms with van der Waals surface area (Å²) in [5.41, 5.74) is 2.66. The molecule has 0 atom stereocenters. The average Bonchev–Trinajstić information content (AvgIpc) is 2.54. The summed E-state index contributed by atoms with van der Waals surface area (Å²) in [6.07, 6.45) is 0. The summed E-state index contributed by atoms with van der Waals surface area (Å²) in [7, 11) is 0. The molecule has 116 valence electrons. The summed E-state index contributed by atoms with van der Waals surface area (Å²) in [5, 5.41) is 5.27. The van der Waals surface area contributed by atoms with Gasteiger partial charge in [0, 0.05) is 11.3 Å². The molecule has 23 heavy (non-hydrogen) atoms. The molecule has 0 aliphatic heterocycles. The molecule has 1 amide bonds. The fourth-order valence-corrected chi connectivity index (χ4v) is 2.77. The van der Waals surface area contributed by atoms with Gasteiger partial charge in [-0.05, 0) is 39.9 Å². The van der Waals surface area contributed by atoms with E-state index in [1.165, 1.54) is 0 Å². The van der Waals surface area contributed by atoms with E-state index in [0.717, 1.165) is 22.0 Å². The van der Waals surface area contributed by atoms with Crippen molar-refractivity contribution in [1.82, 2.24) is 0 Å². The van der Waals surface area contributed by atoms with Crippen LogP contribution in [0.25, 0.3) is 10.8 Å². The summed E-state index contributed by atoms with van der Waals surface area (Å²) >= 11 is 0. The normalized spacial score (nSPS) is 11.4. The minimum absolute atomic E-state index is 0.0206. The quantitative estimate of drug-likeness (QED) is 0.675. The van der Waals surface area contributed by atoms with E-state index in [1.54, 1.807) is 0 Å². The Labute approximate surface area is 137 Å². The second kappa shape index (κ2) is 5.88. The Morgan fingerprint density at radius 3 is 2.22 bits per heavy atom. The van der Waals surface area contributed by atoms with Crippen molar-refractivity contribution in [3.63, 3.8) is 0 Å². The lowest BCUT2D eigenvalue weighted by Crippen LogP contribution is -2.18. The third kappa shape index (κ3) is 3.26. The van der Waals surface area contributed by atoms with Crippen LogP contribution in [0.3, 0.4) is 0 Å². The van der Waals surface area contributed by atoms with E-state index in [1.807, 2.05) is 60.7 Å². The zero-order valence-electron chi connectivity index (χ0n) is 13.8. The van der Waals surface area contributed by atoms with Crippen LogP contribution in [0, 0.1) is 0 Å². The first kappa shape index (κ1) is 15.3. The number of nitrogens with one attached hydrogen (secondary N) is 1. The second-order valence-electron chi connectivity index (χ2n) is 6.81. The Morgan fingerprint density at radius 1 is 0.826 bits per heavy atom. The molecule has 1 N–H and O–H groups in total. The fourth-order valence-electron chi connectivity index (χ4n) is 2.77. The first-order valence-electron chi connectivity index (χ1n) is 7.85. The van der Waals surface area contributed by atoms with Gasteiger partial charge in [-0.1, -0.05) is 69.3 Å². The predicted octanol–water partition coefficient (Wildman–Crippen LogP) is 5.39. The molecule has 3 rings (SSSR count). The van der Waals surface area contributed by atoms with Crippen molar-refractivity contribution in [2.24, 2.45) is 0 Å². The molecule has 0 aliphatic rings. The number of rotatable bonds is 2. The maximum absolute atomic E-state index is 12.6. The number of fused-ring (bicyclic) bond motifs is 1. The first-order valence-corrected chi connectivity index (χ1v) is 7.85. The van der Waals surface area contributed by atoms with Gasteiger partial charge in [0.25, 0.3) is 5.91 Å². The summed E-state index contributed by atoms with van der Waals surface area (Å²) in [6.45, 7) is 6.44. The molecule has 0 saturated heterocycles. The number of carbonyl (C=O) groups is 1. The van der Waals surface area contributed by atoms with Crippen LogP contribution >= 0.6 is 0 Å². The third-order valence-corrected chi connectivity index (χ3v) is 3.99. The van der Waals surface area contributed by atoms with Gasteiger partial charge in [0.1, 0.15) is 0 Å². The van der Waals surface area contributed by atoms with Gasteiger partial charge in [0.05, 0.1) is 0 Å². The molecule has 3 aromatic carbocycles. The zero-order valence-corrected chi connectivity index (χ0v) is 13.8. The van der Waals surface area contributed by atoms with E-state index in [-0.39, 0.29) is 11.3 Å². The lowest BCUT2D eigenvalue weighted by molar-refractivity contribution is 0.102. The van der Waals surface area contributed by atoms with Crippen molar-refractivity contribution >= 4 is 22.4 Å². The zero-order chi connectivity index (χ0) is 16.4. The van der Waals surface area contributed by atoms with E-state index in [4.69, 9.17) is 0 Å². The van der Waals surface area contributed by atoms with E-state index in [9.17, 15) is 4.79 Å². The molecule has 2 heteroatoms. The van der Waals surface area contributed by atoms with E-state index >= 15 is 0 Å². The fraction of sp³-hybridized carbons (Fsp3) is 0.190. The Kier molecular flexibility index (Phi) is 3.91. The molecule has 0 radical (unpaired) electrons. The highest BCUT2D eigenvalue weighted by atomic mass is 16.1. The summed E-state index contributed by atoms with van der Waals surface area (Å²) < 4.78 is 0. The molecule has 0 bridgehead atoms. The Morgan fingerprint density at radius 2 is 1.48 bits per heavy atom. The molecule has 2 nitrogen and oxygen atoms in total. The van der Waals surface area contributed by atoms with Gasteiger partial charge in [0.15, 0.2) is 0 Å². The smallest absolute Gasteiger partial charge is 0.255 e. The highest BCUT2D eigenvalue weighted by molar-refractivity contribution is 6.06. The molecule has 0 saturated carbocycles. The molecule has 0 aliphatic carbocycles. The van der Waals surface area contributed by atoms with Crippen LogP contribution in [0.5, 0.6) is 0 Å². The summed E-state index contributed by atoms with van der Waals surface area (Å²) in [4.78, 5) is 12.6. The van der Waals surface area contributed by atoms with Gasteiger partial charge >= 0.3 is 0 Å². The number of hydrogen-bond donors (Lipinski definition) is 1. The van der Waals surface area contributed by atoms with Crippen molar-refractivity contribution < 1.29 is 4.79 Å². The van der Waals surface area contributed by atoms with Crippen LogP contribution in [0.15, 0.2) is 66.7 Å². The number of carbonyl (C=O) groups excluding carboxylic acids is 1. The Bertz CT molecular complexity index is 859. The Balaban J connectivity index is 1.92. The van der Waals surface area contributed by atoms with Crippen LogP contribution in [0.1, 0.15) is 36.7 Å². The van der Waals surface area contributed by atoms with Gasteiger partial charge in [-0.3, -0.25) is 4.79 Å². The second-order valence-corrected chi connectivity index (χ2v) is 6.81. The molecular formula is C21H21NO. The Hall–Kier alpha value is -2.61. The number of hydrogen-bond acceptors (Lipinski definition) is 1. The lowest BCUT2D eigenvalue weighted by Gasteiger charge is -2.23. The lowest BCUT2D eigenvalue weighted by atomic mass is 9.86. The van der Waals surface area contributed by atoms with Gasteiger partial charge in [0.2, 0.25) is 0 Å². The minimum Gasteiger partial charge on any atom is -0.322 e. The summed E-state index contributed by atoms with van der Waals surface area (Å²) in [5.74, 6) is -0.0764. The first-order chi connectivity index (χ1) is 10.9. The van der Waals surface area contributed by atoms with Crippen molar-refractivity contribution in [2.75, 3.05) is 5.32 Å². The maximum atomic E-state index is 12.6. The number of amides is 1. The molecule has 0 spiro atoms. The highest BCUT2D eigenvalue weighted by Crippen LogP contribution is 2.29. The van der Waals surface area contributed by atoms with Crippen molar-refractivity contribution in [3.05, 3.63) is 77.9 Å². The van der Waals surface area contributed by atoms with E-state index in [0.29, 0.717) is 5.56 Å². The molecule has 0 fully saturated rings. The predicted molar refractivity (Wildman–Crippen MR) is 97.0 cm³/mol. The summed E-state index contributed by atoms with van der Waals surface area (Å²) in [6, 6.07) is 21.8. The van der Waals surface area contributed by atoms with Crippen LogP contribution in [-0.2, 0) is 5.41 Å². The van der Waals surface area contributed by atoms with Gasteiger partial charge < -0.3 is 5.32 Å². The van der Waals surface area contributed by atoms with E-state index < -0.39 is 0 Å². The maximum Gasteiger partial charge on any atom is 0.255 e. The molecular weight excluding hydrogens is 282 g/mol. The van der Waals surface area contributed by atoms with Crippen LogP contribution in [0.4, 0.5) is 5.69 Å². The highest BCUT2D eigenvalue weighted by Gasteiger charge is 2.19. The van der Waals surface area contributed by atoms with Crippen LogP contribution in [0.2, 0.25) is 0 Å².